The third-order valence-electron chi connectivity index (χ3n) is 20.5. The van der Waals surface area contributed by atoms with Crippen molar-refractivity contribution in [3.05, 3.63) is 113 Å². The van der Waals surface area contributed by atoms with Crippen LogP contribution in [0.5, 0.6) is 11.5 Å². The minimum Gasteiger partial charge on any atom is -0.508 e. The number of anilines is 1. The van der Waals surface area contributed by atoms with Gasteiger partial charge < -0.3 is 20.1 Å². The van der Waals surface area contributed by atoms with Crippen LogP contribution in [0.4, 0.5) is 5.69 Å². The fourth-order valence-electron chi connectivity index (χ4n) is 16.1. The Hall–Kier alpha value is -6.44. The number of hydrazone groups is 2. The normalized spacial score (nSPS) is 25.9. The number of phenols is 2. The van der Waals surface area contributed by atoms with Crippen molar-refractivity contribution in [2.24, 2.45) is 49.7 Å². The Morgan fingerprint density at radius 3 is 1.55 bits per heavy atom. The maximum absolute atomic E-state index is 13.0. The highest BCUT2D eigenvalue weighted by atomic mass is 16.3. The van der Waals surface area contributed by atoms with Gasteiger partial charge >= 0.3 is 5.91 Å². The summed E-state index contributed by atoms with van der Waals surface area (Å²) >= 11 is 0. The van der Waals surface area contributed by atoms with E-state index in [1.54, 1.807) is 29.1 Å². The number of carbonyl (C=O) groups is 4. The fourth-order valence-corrected chi connectivity index (χ4v) is 16.1. The predicted octanol–water partition coefficient (Wildman–Crippen LogP) is 12.6. The summed E-state index contributed by atoms with van der Waals surface area (Å²) in [7, 11) is 0. The Balaban J connectivity index is 0.510. The lowest BCUT2D eigenvalue weighted by Gasteiger charge is -2.49. The van der Waals surface area contributed by atoms with E-state index in [0.29, 0.717) is 65.2 Å². The molecule has 4 amide bonds. The fraction of sp³-hybridized carbons (Fsp3) is 0.588. The molecule has 0 radical (unpaired) electrons. The summed E-state index contributed by atoms with van der Waals surface area (Å²) in [6.07, 6.45) is 37.0. The van der Waals surface area contributed by atoms with Crippen molar-refractivity contribution in [2.75, 3.05) is 5.32 Å². The molecule has 4 aromatic rings. The molecule has 10 rings (SSSR count). The van der Waals surface area contributed by atoms with Crippen molar-refractivity contribution >= 4 is 40.7 Å². The van der Waals surface area contributed by atoms with Gasteiger partial charge in [-0.1, -0.05) is 103 Å². The summed E-state index contributed by atoms with van der Waals surface area (Å²) in [6, 6.07) is 19.1. The number of pyridine rings is 2. The Morgan fingerprint density at radius 1 is 0.561 bits per heavy atom. The Morgan fingerprint density at radius 2 is 1.04 bits per heavy atom. The zero-order valence-corrected chi connectivity index (χ0v) is 49.0. The molecule has 6 aliphatic carbocycles. The van der Waals surface area contributed by atoms with Crippen molar-refractivity contribution in [2.45, 2.75) is 219 Å². The Bertz CT molecular complexity index is 3020. The van der Waals surface area contributed by atoms with E-state index < -0.39 is 0 Å². The van der Waals surface area contributed by atoms with Crippen molar-refractivity contribution in [1.82, 2.24) is 15.4 Å². The van der Waals surface area contributed by atoms with Gasteiger partial charge in [-0.2, -0.15) is 14.8 Å². The summed E-state index contributed by atoms with van der Waals surface area (Å²) < 4.78 is 3.60. The monoisotopic (exact) mass is 1120 g/mol. The molecular formula is C68H91N8O6+. The number of nitrogens with zero attached hydrogens (tertiary/aromatic N) is 5. The van der Waals surface area contributed by atoms with Crippen molar-refractivity contribution in [3.63, 3.8) is 0 Å². The molecule has 2 aromatic heterocycles. The van der Waals surface area contributed by atoms with Crippen molar-refractivity contribution in [3.8, 4) is 11.5 Å². The smallest absolute Gasteiger partial charge is 0.305 e. The molecule has 0 aliphatic heterocycles. The van der Waals surface area contributed by atoms with Crippen LogP contribution in [0.25, 0.3) is 0 Å². The van der Waals surface area contributed by atoms with Gasteiger partial charge in [0, 0.05) is 59.6 Å². The molecule has 0 unspecified atom stereocenters. The molecule has 4 saturated carbocycles. The minimum atomic E-state index is -0.168. The first-order chi connectivity index (χ1) is 39.8. The van der Waals surface area contributed by atoms with Gasteiger partial charge in [-0.3, -0.25) is 19.2 Å². The molecule has 14 nitrogen and oxygen atoms in total. The highest BCUT2D eigenvalue weighted by molar-refractivity contribution is 5.94. The lowest BCUT2D eigenvalue weighted by molar-refractivity contribution is -0.684. The first-order valence-electron chi connectivity index (χ1n) is 31.7. The number of amides is 4. The van der Waals surface area contributed by atoms with Crippen LogP contribution < -0.4 is 26.1 Å². The number of fused-ring (bicyclic) bond motifs is 10. The van der Waals surface area contributed by atoms with E-state index in [1.165, 1.54) is 73.6 Å². The van der Waals surface area contributed by atoms with Gasteiger partial charge in [0.05, 0.1) is 11.0 Å². The number of hydrogen-bond acceptors (Lipinski definition) is 8. The van der Waals surface area contributed by atoms with Crippen molar-refractivity contribution in [1.29, 1.82) is 0 Å². The highest BCUT2D eigenvalue weighted by Crippen LogP contribution is 2.61. The van der Waals surface area contributed by atoms with Crippen LogP contribution in [0.2, 0.25) is 0 Å². The van der Waals surface area contributed by atoms with E-state index in [1.807, 2.05) is 53.4 Å². The number of phenolic OH excluding ortho intramolecular Hbond substituents is 2. The highest BCUT2D eigenvalue weighted by Gasteiger charge is 2.55. The molecule has 0 spiro atoms. The van der Waals surface area contributed by atoms with Crippen LogP contribution in [0, 0.1) is 34.5 Å². The number of rotatable bonds is 24. The molecule has 8 atom stereocenters. The topological polar surface area (TPSA) is 191 Å². The van der Waals surface area contributed by atoms with E-state index >= 15 is 0 Å². The van der Waals surface area contributed by atoms with Gasteiger partial charge in [0.1, 0.15) is 18.0 Å². The van der Waals surface area contributed by atoms with Crippen LogP contribution in [-0.4, -0.2) is 49.8 Å². The molecule has 438 valence electrons. The van der Waals surface area contributed by atoms with Gasteiger partial charge in [0.2, 0.25) is 18.4 Å². The second kappa shape index (κ2) is 27.3. The van der Waals surface area contributed by atoms with E-state index in [9.17, 15) is 29.4 Å². The molecule has 5 N–H and O–H groups in total. The molecule has 82 heavy (non-hydrogen) atoms. The van der Waals surface area contributed by atoms with Gasteiger partial charge in [-0.25, -0.2) is 15.8 Å². The van der Waals surface area contributed by atoms with E-state index in [2.05, 4.69) is 47.1 Å². The van der Waals surface area contributed by atoms with Gasteiger partial charge in [0.15, 0.2) is 12.4 Å². The van der Waals surface area contributed by atoms with Crippen LogP contribution in [0.15, 0.2) is 101 Å². The molecule has 2 aromatic carbocycles. The third kappa shape index (κ3) is 14.3. The molecule has 2 heterocycles. The van der Waals surface area contributed by atoms with Gasteiger partial charge in [0.25, 0.3) is 5.91 Å². The average Bonchev–Trinajstić information content (AvgIpc) is 3.19. The second-order valence-corrected chi connectivity index (χ2v) is 25.8. The molecule has 6 aliphatic rings. The number of carbonyl (C=O) groups excluding carboxylic acids is 4. The standard InChI is InChI=1S/C68H90N8O6/c1-67-37-31-55-53-25-21-51(77)43-47(53)19-23-57(55)59(67)27-29-61(67)71-73-65(81)45-75-39-33-49(34-40-75)69-63(79)17-15-13-11-9-7-5-3-4-6-8-10-12-14-16-18-64(80)70-50-35-41-76(42-36-50)46-66(82)74-72-62-30-28-60-58-24-20-48-44-52(78)22-26-54(48)56(58)32-38-68(60,62)2/h21-22,25-26,33-36,39-44,55-60H,3-20,23-24,27-32,37-38,45-46H2,1-2H3,(H4,73,74,77,78,81,82)/p+1/b71-61-,72-62-/t55-,56-,57-,58-,59+,60+,67+,68+/m1/s1. The summed E-state index contributed by atoms with van der Waals surface area (Å²) in [5, 5.41) is 33.1. The molecule has 4 fully saturated rings. The van der Waals surface area contributed by atoms with E-state index in [-0.39, 0.29) is 47.5 Å². The number of aromatic hydroxyl groups is 2. The summed E-state index contributed by atoms with van der Waals surface area (Å²) in [5.74, 6) is 3.73. The number of aryl methyl sites for hydroxylation is 2. The maximum Gasteiger partial charge on any atom is 0.305 e. The summed E-state index contributed by atoms with van der Waals surface area (Å²) in [5.41, 5.74) is 14.2. The first kappa shape index (κ1) is 58.7. The van der Waals surface area contributed by atoms with Crippen LogP contribution in [-0.2, 0) is 45.1 Å². The van der Waals surface area contributed by atoms with Crippen LogP contribution >= 0.6 is 0 Å². The first-order valence-corrected chi connectivity index (χ1v) is 31.7. The zero-order chi connectivity index (χ0) is 57.1. The zero-order valence-electron chi connectivity index (χ0n) is 49.0. The SMILES string of the molecule is C[C@]12CC[C@@H]3c4ccc(O)cc4CC[C@H]3[C@@H]1CC/C2=N/NC(=O)Cn1ccc(=NC(=O)CCCCCCCCCCCCCCCCC(=O)Nc2cc[n+](CC(=O)N/N=C3/CC[C@H]4[C@@H]5CCc6cc(O)ccc6[C@H]5CC[C@]34C)cc2)cc1. The molecule has 0 saturated heterocycles. The molecule has 14 heteroatoms. The second-order valence-electron chi connectivity index (χ2n) is 25.8. The lowest BCUT2D eigenvalue weighted by Crippen LogP contribution is -2.44. The predicted molar refractivity (Wildman–Crippen MR) is 321 cm³/mol. The molecular weight excluding hydrogens is 1020 g/mol. The van der Waals surface area contributed by atoms with Crippen molar-refractivity contribution < 1.29 is 34.0 Å². The average molecular weight is 1120 g/mol. The Kier molecular flexibility index (Phi) is 19.6. The maximum atomic E-state index is 13.0. The number of aromatic nitrogens is 2. The number of hydrogen-bond donors (Lipinski definition) is 5. The van der Waals surface area contributed by atoms with Crippen LogP contribution in [0.1, 0.15) is 215 Å². The third-order valence-corrected chi connectivity index (χ3v) is 20.5. The van der Waals surface area contributed by atoms with Crippen LogP contribution in [0.3, 0.4) is 0 Å². The Labute approximate surface area is 486 Å². The van der Waals surface area contributed by atoms with E-state index in [4.69, 9.17) is 10.2 Å². The summed E-state index contributed by atoms with van der Waals surface area (Å²) in [6.45, 7) is 5.00. The minimum absolute atomic E-state index is 0.00228. The lowest BCUT2D eigenvalue weighted by atomic mass is 9.55. The molecule has 0 bridgehead atoms. The quantitative estimate of drug-likeness (QED) is 0.0263. The largest absolute Gasteiger partial charge is 0.508 e. The van der Waals surface area contributed by atoms with Gasteiger partial charge in [-0.05, 0) is 184 Å². The van der Waals surface area contributed by atoms with E-state index in [0.717, 1.165) is 133 Å². The number of nitrogens with one attached hydrogen (secondary N) is 3. The summed E-state index contributed by atoms with van der Waals surface area (Å²) in [4.78, 5) is 55.6. The number of unbranched alkanes of at least 4 members (excludes halogenated alkanes) is 13. The van der Waals surface area contributed by atoms with Gasteiger partial charge in [-0.15, -0.1) is 0 Å². The number of benzene rings is 2.